The number of ether oxygens (including phenoxy) is 1. The molecule has 1 heterocycles. The van der Waals surface area contributed by atoms with Gasteiger partial charge in [-0.1, -0.05) is 47.8 Å². The fourth-order valence-corrected chi connectivity index (χ4v) is 6.19. The average Bonchev–Trinajstić information content (AvgIpc) is 2.46. The fraction of sp³-hybridized carbons (Fsp3) is 1.00. The minimum Gasteiger partial charge on any atom is -0.349 e. The summed E-state index contributed by atoms with van der Waals surface area (Å²) in [5.41, 5.74) is 0. The smallest absolute Gasteiger partial charge is 0.173 e. The van der Waals surface area contributed by atoms with Crippen LogP contribution in [0.2, 0.25) is 0 Å². The topological polar surface area (TPSA) is 36.9 Å². The zero-order valence-corrected chi connectivity index (χ0v) is 20.7. The fourth-order valence-electron chi connectivity index (χ4n) is 1.54. The van der Waals surface area contributed by atoms with Gasteiger partial charge >= 0.3 is 0 Å². The molecule has 0 aromatic carbocycles. The van der Waals surface area contributed by atoms with Crippen LogP contribution >= 0.6 is 81.0 Å². The lowest BCUT2D eigenvalue weighted by Crippen LogP contribution is -2.43. The van der Waals surface area contributed by atoms with E-state index in [-0.39, 0.29) is 25.3 Å². The molecule has 0 aromatic rings. The molecular weight excluding hydrogens is 442 g/mol. The van der Waals surface area contributed by atoms with Crippen LogP contribution in [0.25, 0.3) is 0 Å². The molecule has 0 saturated carbocycles. The Morgan fingerprint density at radius 1 is 1.05 bits per heavy atom. The van der Waals surface area contributed by atoms with Crippen LogP contribution < -0.4 is 0 Å². The van der Waals surface area contributed by atoms with Crippen LogP contribution in [0, 0.1) is 0 Å². The summed E-state index contributed by atoms with van der Waals surface area (Å²) in [7, 11) is 7.04. The summed E-state index contributed by atoms with van der Waals surface area (Å²) < 4.78 is 23.7. The van der Waals surface area contributed by atoms with Crippen LogP contribution in [0.3, 0.4) is 0 Å². The van der Waals surface area contributed by atoms with E-state index in [2.05, 4.69) is 45.8 Å². The molecule has 0 N–H and O–H groups in total. The van der Waals surface area contributed by atoms with Crippen LogP contribution in [0.15, 0.2) is 0 Å². The molecule has 8 unspecified atom stereocenters. The van der Waals surface area contributed by atoms with E-state index in [9.17, 15) is 0 Å². The highest BCUT2D eigenvalue weighted by molar-refractivity contribution is 8.78. The Bertz CT molecular complexity index is 295. The summed E-state index contributed by atoms with van der Waals surface area (Å²) in [6, 6.07) is 0. The van der Waals surface area contributed by atoms with Crippen molar-refractivity contribution in [1.29, 1.82) is 0 Å². The molecule has 1 aliphatic heterocycles. The van der Waals surface area contributed by atoms with E-state index < -0.39 is 14.7 Å². The maximum absolute atomic E-state index is 6.14. The minimum absolute atomic E-state index is 0.0137. The van der Waals surface area contributed by atoms with E-state index in [1.54, 1.807) is 22.0 Å². The zero-order valence-electron chi connectivity index (χ0n) is 12.1. The first-order chi connectivity index (χ1) is 9.96. The second-order valence-electron chi connectivity index (χ2n) is 4.09. The molecule has 0 radical (unpaired) electrons. The van der Waals surface area contributed by atoms with Gasteiger partial charge in [-0.15, -0.1) is 0 Å². The summed E-state index contributed by atoms with van der Waals surface area (Å²) in [5, 5.41) is 0. The average molecular weight is 464 g/mol. The molecule has 9 atom stereocenters. The van der Waals surface area contributed by atoms with Crippen LogP contribution in [0.4, 0.5) is 0 Å². The molecule has 1 rings (SSSR count). The van der Waals surface area contributed by atoms with Gasteiger partial charge in [0.1, 0.15) is 6.10 Å². The highest BCUT2D eigenvalue weighted by atomic mass is 33.1. The van der Waals surface area contributed by atoms with Crippen LogP contribution in [-0.4, -0.2) is 45.1 Å². The van der Waals surface area contributed by atoms with E-state index in [4.69, 9.17) is 18.0 Å². The molecule has 126 valence electrons. The Morgan fingerprint density at radius 3 is 2.14 bits per heavy atom. The van der Waals surface area contributed by atoms with E-state index in [1.165, 1.54) is 11.7 Å². The molecule has 1 fully saturated rings. The molecule has 0 spiro atoms. The van der Waals surface area contributed by atoms with Crippen LogP contribution in [-0.2, 0) is 18.0 Å². The van der Waals surface area contributed by atoms with Gasteiger partial charge in [0.25, 0.3) is 0 Å². The quantitative estimate of drug-likeness (QED) is 0.310. The zero-order chi connectivity index (χ0) is 15.8. The van der Waals surface area contributed by atoms with Gasteiger partial charge in [0, 0.05) is 18.1 Å². The van der Waals surface area contributed by atoms with Crippen molar-refractivity contribution < 1.29 is 18.0 Å². The van der Waals surface area contributed by atoms with Gasteiger partial charge in [0.2, 0.25) is 0 Å². The first kappa shape index (κ1) is 22.5. The van der Waals surface area contributed by atoms with E-state index in [0.29, 0.717) is 13.0 Å². The predicted octanol–water partition coefficient (Wildman–Crippen LogP) is 5.91. The lowest BCUT2D eigenvalue weighted by Gasteiger charge is -2.37. The first-order valence-electron chi connectivity index (χ1n) is 5.94. The molecule has 13 heteroatoms. The van der Waals surface area contributed by atoms with Crippen LogP contribution in [0.1, 0.15) is 6.42 Å². The van der Waals surface area contributed by atoms with Crippen molar-refractivity contribution in [3.63, 3.8) is 0 Å². The first-order valence-corrected chi connectivity index (χ1v) is 19.9. The van der Waals surface area contributed by atoms with Gasteiger partial charge in [-0.2, -0.15) is 0 Å². The molecule has 0 aromatic heterocycles. The lowest BCUT2D eigenvalue weighted by atomic mass is 10.1. The lowest BCUT2D eigenvalue weighted by molar-refractivity contribution is -0.161. The maximum Gasteiger partial charge on any atom is 0.173 e. The van der Waals surface area contributed by atoms with E-state index in [1.807, 2.05) is 0 Å². The van der Waals surface area contributed by atoms with E-state index in [0.717, 1.165) is 0 Å². The van der Waals surface area contributed by atoms with Crippen molar-refractivity contribution in [2.45, 2.75) is 24.9 Å². The SMILES string of the molecule is CP(P)SOC1C[C@H](OP(C)SP)C(OP(C)SP)CO1. The Morgan fingerprint density at radius 2 is 1.62 bits per heavy atom. The third-order valence-corrected chi connectivity index (χ3v) is 14.1. The highest BCUT2D eigenvalue weighted by Crippen LogP contribution is 2.57. The van der Waals surface area contributed by atoms with Gasteiger partial charge in [0.05, 0.1) is 27.4 Å². The van der Waals surface area contributed by atoms with Gasteiger partial charge in [-0.25, -0.2) is 0 Å². The molecule has 0 bridgehead atoms. The Balaban J connectivity index is 2.55. The second-order valence-corrected chi connectivity index (χ2v) is 21.9. The monoisotopic (exact) mass is 464 g/mol. The van der Waals surface area contributed by atoms with Crippen LogP contribution in [0.5, 0.6) is 0 Å². The normalized spacial score (nSPS) is 30.9. The summed E-state index contributed by atoms with van der Waals surface area (Å²) in [5.74, 6) is 0. The Kier molecular flexibility index (Phi) is 13.7. The Labute approximate surface area is 150 Å². The molecule has 0 aliphatic carbocycles. The standard InChI is InChI=1S/C8H22O4P6S3/c1-16(20-14)10-6-4-8(12-19-18(3)13)9-5-7(6)11-17(2)21-15/h6-8H,4-5,13-15H2,1-3H3/t6-,7?,8?,16?,17?,18?/m0/s1. The molecule has 1 saturated heterocycles. The summed E-state index contributed by atoms with van der Waals surface area (Å²) in [6.45, 7) is 6.63. The van der Waals surface area contributed by atoms with E-state index >= 15 is 0 Å². The van der Waals surface area contributed by atoms with Crippen molar-refractivity contribution in [2.24, 2.45) is 0 Å². The summed E-state index contributed by atoms with van der Waals surface area (Å²) >= 11 is 4.83. The molecule has 0 amide bonds. The molecule has 21 heavy (non-hydrogen) atoms. The number of hydrogen-bond acceptors (Lipinski definition) is 7. The third-order valence-electron chi connectivity index (χ3n) is 2.42. The highest BCUT2D eigenvalue weighted by Gasteiger charge is 2.36. The Hall–Kier alpha value is 3.47. The van der Waals surface area contributed by atoms with Crippen molar-refractivity contribution >= 4 is 81.0 Å². The van der Waals surface area contributed by atoms with Crippen molar-refractivity contribution in [1.82, 2.24) is 0 Å². The minimum atomic E-state index is -0.521. The summed E-state index contributed by atoms with van der Waals surface area (Å²) in [6.07, 6.45) is 0.520. The molecule has 4 nitrogen and oxygen atoms in total. The molecule has 1 aliphatic rings. The van der Waals surface area contributed by atoms with Gasteiger partial charge in [-0.3, -0.25) is 4.18 Å². The molecular formula is C8H22O4P6S3. The van der Waals surface area contributed by atoms with Gasteiger partial charge in [-0.05, 0) is 26.8 Å². The second kappa shape index (κ2) is 12.8. The van der Waals surface area contributed by atoms with Crippen molar-refractivity contribution in [3.8, 4) is 0 Å². The predicted molar refractivity (Wildman–Crippen MR) is 116 cm³/mol. The number of rotatable bonds is 9. The van der Waals surface area contributed by atoms with Crippen molar-refractivity contribution in [3.05, 3.63) is 0 Å². The maximum atomic E-state index is 6.14. The van der Waals surface area contributed by atoms with Gasteiger partial charge in [0.15, 0.2) is 6.29 Å². The largest absolute Gasteiger partial charge is 0.349 e. The van der Waals surface area contributed by atoms with Gasteiger partial charge < -0.3 is 13.8 Å². The third kappa shape index (κ3) is 9.66. The number of hydrogen-bond donors (Lipinski definition) is 0. The summed E-state index contributed by atoms with van der Waals surface area (Å²) in [4.78, 5) is 0. The van der Waals surface area contributed by atoms with Crippen molar-refractivity contribution in [2.75, 3.05) is 26.6 Å².